The van der Waals surface area contributed by atoms with Crippen molar-refractivity contribution in [2.75, 3.05) is 6.54 Å². The Bertz CT molecular complexity index is 309. The molecule has 2 rings (SSSR count). The molecule has 1 atom stereocenters. The highest BCUT2D eigenvalue weighted by Crippen LogP contribution is 2.32. The van der Waals surface area contributed by atoms with E-state index in [1.54, 1.807) is 18.1 Å². The molecule has 0 radical (unpaired) electrons. The zero-order valence-corrected chi connectivity index (χ0v) is 7.29. The SMILES string of the molecule is C#CCN1C=NC=C2C=CSC21. The predicted octanol–water partition coefficient (Wildman–Crippen LogP) is 1.43. The van der Waals surface area contributed by atoms with Gasteiger partial charge in [0.15, 0.2) is 0 Å². The first-order chi connectivity index (χ1) is 5.92. The first-order valence-electron chi connectivity index (χ1n) is 3.66. The fourth-order valence-corrected chi connectivity index (χ4v) is 2.19. The van der Waals surface area contributed by atoms with Gasteiger partial charge in [-0.3, -0.25) is 0 Å². The Hall–Kier alpha value is -1.14. The monoisotopic (exact) mass is 176 g/mol. The van der Waals surface area contributed by atoms with Crippen molar-refractivity contribution < 1.29 is 0 Å². The van der Waals surface area contributed by atoms with Crippen molar-refractivity contribution in [3.63, 3.8) is 0 Å². The number of terminal acetylenes is 1. The van der Waals surface area contributed by atoms with Gasteiger partial charge in [-0.15, -0.1) is 18.2 Å². The first kappa shape index (κ1) is 7.51. The molecular formula is C9H8N2S. The zero-order chi connectivity index (χ0) is 8.39. The molecule has 0 N–H and O–H groups in total. The maximum atomic E-state index is 5.24. The van der Waals surface area contributed by atoms with Gasteiger partial charge in [0.05, 0.1) is 12.9 Å². The largest absolute Gasteiger partial charge is 0.335 e. The van der Waals surface area contributed by atoms with Gasteiger partial charge in [0, 0.05) is 11.8 Å². The molecule has 12 heavy (non-hydrogen) atoms. The van der Waals surface area contributed by atoms with Gasteiger partial charge in [-0.2, -0.15) is 0 Å². The van der Waals surface area contributed by atoms with Gasteiger partial charge in [-0.1, -0.05) is 5.92 Å². The Morgan fingerprint density at radius 2 is 2.67 bits per heavy atom. The lowest BCUT2D eigenvalue weighted by molar-refractivity contribution is 0.491. The molecule has 1 unspecified atom stereocenters. The normalized spacial score (nSPS) is 25.1. The summed E-state index contributed by atoms with van der Waals surface area (Å²) in [5.74, 6) is 2.62. The number of nitrogens with zero attached hydrogens (tertiary/aromatic N) is 2. The van der Waals surface area contributed by atoms with E-state index in [-0.39, 0.29) is 0 Å². The van der Waals surface area contributed by atoms with Gasteiger partial charge < -0.3 is 4.90 Å². The first-order valence-corrected chi connectivity index (χ1v) is 4.60. The number of rotatable bonds is 1. The molecule has 2 aliphatic rings. The van der Waals surface area contributed by atoms with Gasteiger partial charge >= 0.3 is 0 Å². The van der Waals surface area contributed by atoms with Crippen molar-refractivity contribution in [3.05, 3.63) is 23.3 Å². The second-order valence-electron chi connectivity index (χ2n) is 2.56. The maximum Gasteiger partial charge on any atom is 0.108 e. The number of hydrogen-bond donors (Lipinski definition) is 0. The van der Waals surface area contributed by atoms with Crippen LogP contribution >= 0.6 is 11.8 Å². The third kappa shape index (κ3) is 1.15. The molecule has 0 aromatic carbocycles. The van der Waals surface area contributed by atoms with E-state index >= 15 is 0 Å². The molecule has 0 aromatic heterocycles. The van der Waals surface area contributed by atoms with E-state index in [0.717, 1.165) is 0 Å². The van der Waals surface area contributed by atoms with E-state index in [1.165, 1.54) is 5.57 Å². The highest BCUT2D eigenvalue weighted by molar-refractivity contribution is 8.03. The molecule has 0 aromatic rings. The second-order valence-corrected chi connectivity index (χ2v) is 3.55. The third-order valence-electron chi connectivity index (χ3n) is 1.77. The van der Waals surface area contributed by atoms with E-state index in [1.807, 2.05) is 6.20 Å². The van der Waals surface area contributed by atoms with Crippen LogP contribution in [0.5, 0.6) is 0 Å². The van der Waals surface area contributed by atoms with Crippen LogP contribution in [0, 0.1) is 12.3 Å². The molecule has 0 saturated carbocycles. The zero-order valence-electron chi connectivity index (χ0n) is 6.47. The minimum absolute atomic E-state index is 0.360. The van der Waals surface area contributed by atoms with Crippen molar-refractivity contribution in [1.82, 2.24) is 4.90 Å². The Morgan fingerprint density at radius 3 is 3.50 bits per heavy atom. The summed E-state index contributed by atoms with van der Waals surface area (Å²) in [6, 6.07) is 0. The smallest absolute Gasteiger partial charge is 0.108 e. The standard InChI is InChI=1S/C9H8N2S/c1-2-4-11-7-10-6-8-3-5-12-9(8)11/h1,3,5-7,9H,4H2. The highest BCUT2D eigenvalue weighted by Gasteiger charge is 2.23. The maximum absolute atomic E-state index is 5.24. The van der Waals surface area contributed by atoms with Gasteiger partial charge in [0.1, 0.15) is 5.37 Å². The molecule has 0 amide bonds. The molecule has 0 spiro atoms. The summed E-state index contributed by atoms with van der Waals surface area (Å²) in [7, 11) is 0. The summed E-state index contributed by atoms with van der Waals surface area (Å²) < 4.78 is 0. The van der Waals surface area contributed by atoms with Crippen molar-refractivity contribution in [1.29, 1.82) is 0 Å². The van der Waals surface area contributed by atoms with Crippen LogP contribution in [0.4, 0.5) is 0 Å². The fraction of sp³-hybridized carbons (Fsp3) is 0.222. The summed E-state index contributed by atoms with van der Waals surface area (Å²) in [5, 5.41) is 2.44. The van der Waals surface area contributed by atoms with Crippen LogP contribution < -0.4 is 0 Å². The Morgan fingerprint density at radius 1 is 1.75 bits per heavy atom. The molecular weight excluding hydrogens is 168 g/mol. The number of hydrogen-bond acceptors (Lipinski definition) is 3. The number of thioether (sulfide) groups is 1. The lowest BCUT2D eigenvalue weighted by atomic mass is 10.2. The van der Waals surface area contributed by atoms with Crippen LogP contribution in [-0.2, 0) is 0 Å². The van der Waals surface area contributed by atoms with Crippen LogP contribution in [0.2, 0.25) is 0 Å². The van der Waals surface area contributed by atoms with Crippen LogP contribution in [0.25, 0.3) is 0 Å². The van der Waals surface area contributed by atoms with Gasteiger partial charge in [-0.25, -0.2) is 4.99 Å². The third-order valence-corrected chi connectivity index (χ3v) is 2.86. The van der Waals surface area contributed by atoms with Gasteiger partial charge in [0.25, 0.3) is 0 Å². The molecule has 0 bridgehead atoms. The Kier molecular flexibility index (Phi) is 1.92. The summed E-state index contributed by atoms with van der Waals surface area (Å²) in [6.07, 6.45) is 11.0. The number of fused-ring (bicyclic) bond motifs is 1. The van der Waals surface area contributed by atoms with Crippen LogP contribution in [0.1, 0.15) is 0 Å². The molecule has 2 heterocycles. The molecule has 60 valence electrons. The average molecular weight is 176 g/mol. The topological polar surface area (TPSA) is 15.6 Å². The van der Waals surface area contributed by atoms with E-state index in [9.17, 15) is 0 Å². The predicted molar refractivity (Wildman–Crippen MR) is 52.6 cm³/mol. The van der Waals surface area contributed by atoms with Gasteiger partial charge in [-0.05, 0) is 11.5 Å². The minimum Gasteiger partial charge on any atom is -0.335 e. The lowest BCUT2D eigenvalue weighted by Crippen LogP contribution is -2.33. The number of aliphatic imine (C=N–C) groups is 1. The Balaban J connectivity index is 2.18. The summed E-state index contributed by atoms with van der Waals surface area (Å²) in [6.45, 7) is 0.625. The quantitative estimate of drug-likeness (QED) is 0.562. The highest BCUT2D eigenvalue weighted by atomic mass is 32.2. The average Bonchev–Trinajstić information content (AvgIpc) is 2.53. The van der Waals surface area contributed by atoms with Crippen molar-refractivity contribution in [2.24, 2.45) is 4.99 Å². The minimum atomic E-state index is 0.360. The summed E-state index contributed by atoms with van der Waals surface area (Å²) >= 11 is 1.76. The van der Waals surface area contributed by atoms with E-state index in [4.69, 9.17) is 6.42 Å². The molecule has 0 aliphatic carbocycles. The second kappa shape index (κ2) is 3.08. The molecule has 0 fully saturated rings. The molecule has 3 heteroatoms. The molecule has 2 aliphatic heterocycles. The van der Waals surface area contributed by atoms with Crippen LogP contribution in [-0.4, -0.2) is 23.2 Å². The van der Waals surface area contributed by atoms with Crippen molar-refractivity contribution in [2.45, 2.75) is 5.37 Å². The van der Waals surface area contributed by atoms with Gasteiger partial charge in [0.2, 0.25) is 0 Å². The lowest BCUT2D eigenvalue weighted by Gasteiger charge is -2.26. The van der Waals surface area contributed by atoms with Crippen molar-refractivity contribution >= 4 is 18.1 Å². The van der Waals surface area contributed by atoms with E-state index in [2.05, 4.69) is 27.3 Å². The van der Waals surface area contributed by atoms with E-state index in [0.29, 0.717) is 11.9 Å². The van der Waals surface area contributed by atoms with Crippen LogP contribution in [0.15, 0.2) is 28.2 Å². The Labute approximate surface area is 76.0 Å². The summed E-state index contributed by atoms with van der Waals surface area (Å²) in [5.41, 5.74) is 1.23. The van der Waals surface area contributed by atoms with E-state index < -0.39 is 0 Å². The molecule has 0 saturated heterocycles. The fourth-order valence-electron chi connectivity index (χ4n) is 1.22. The summed E-state index contributed by atoms with van der Waals surface area (Å²) in [4.78, 5) is 6.15. The van der Waals surface area contributed by atoms with Crippen LogP contribution in [0.3, 0.4) is 0 Å². The molecule has 2 nitrogen and oxygen atoms in total. The van der Waals surface area contributed by atoms with Crippen molar-refractivity contribution in [3.8, 4) is 12.3 Å².